The van der Waals surface area contributed by atoms with Gasteiger partial charge in [0.25, 0.3) is 0 Å². The van der Waals surface area contributed by atoms with Crippen molar-refractivity contribution in [2.24, 2.45) is 0 Å². The number of aromatic nitrogens is 1. The largest absolute Gasteiger partial charge is 0.374 e. The molecule has 1 fully saturated rings. The molecule has 3 heteroatoms. The van der Waals surface area contributed by atoms with Crippen LogP contribution in [0.2, 0.25) is 0 Å². The molecule has 0 bridgehead atoms. The van der Waals surface area contributed by atoms with Gasteiger partial charge in [-0.15, -0.1) is 11.3 Å². The molecule has 0 amide bonds. The predicted octanol–water partition coefficient (Wildman–Crippen LogP) is 2.95. The first-order chi connectivity index (χ1) is 6.40. The average molecular weight is 197 g/mol. The Labute approximate surface area is 83.0 Å². The minimum Gasteiger partial charge on any atom is -0.374 e. The van der Waals surface area contributed by atoms with Crippen LogP contribution in [-0.4, -0.2) is 11.6 Å². The molecule has 1 aliphatic carbocycles. The Morgan fingerprint density at radius 1 is 1.62 bits per heavy atom. The number of ether oxygens (including phenoxy) is 1. The third kappa shape index (κ3) is 2.51. The summed E-state index contributed by atoms with van der Waals surface area (Å²) in [4.78, 5) is 4.54. The van der Waals surface area contributed by atoms with E-state index >= 15 is 0 Å². The molecular formula is C10H15NOS. The van der Waals surface area contributed by atoms with Gasteiger partial charge in [0, 0.05) is 17.9 Å². The van der Waals surface area contributed by atoms with Crippen molar-refractivity contribution in [1.82, 2.24) is 4.98 Å². The molecule has 0 saturated heterocycles. The van der Waals surface area contributed by atoms with Crippen LogP contribution in [0.15, 0.2) is 5.38 Å². The lowest BCUT2D eigenvalue weighted by molar-refractivity contribution is 0.121. The van der Waals surface area contributed by atoms with Crippen molar-refractivity contribution in [2.75, 3.05) is 6.61 Å². The number of hydrogen-bond acceptors (Lipinski definition) is 3. The summed E-state index contributed by atoms with van der Waals surface area (Å²) in [5.41, 5.74) is 1.29. The molecule has 0 unspecified atom stereocenters. The van der Waals surface area contributed by atoms with E-state index in [-0.39, 0.29) is 0 Å². The third-order valence-corrected chi connectivity index (χ3v) is 2.98. The van der Waals surface area contributed by atoms with E-state index in [1.54, 1.807) is 11.3 Å². The fourth-order valence-corrected chi connectivity index (χ4v) is 2.07. The summed E-state index contributed by atoms with van der Waals surface area (Å²) in [6.45, 7) is 3.67. The zero-order valence-electron chi connectivity index (χ0n) is 7.95. The van der Waals surface area contributed by atoms with Crippen molar-refractivity contribution in [3.8, 4) is 0 Å². The van der Waals surface area contributed by atoms with Crippen molar-refractivity contribution < 1.29 is 4.74 Å². The molecule has 2 rings (SSSR count). The molecule has 2 nitrogen and oxygen atoms in total. The summed E-state index contributed by atoms with van der Waals surface area (Å²) in [6.07, 6.45) is 3.75. The molecule has 0 atom stereocenters. The van der Waals surface area contributed by atoms with Crippen molar-refractivity contribution >= 4 is 11.3 Å². The quantitative estimate of drug-likeness (QED) is 0.677. The van der Waals surface area contributed by atoms with Crippen molar-refractivity contribution in [1.29, 1.82) is 0 Å². The summed E-state index contributed by atoms with van der Waals surface area (Å²) in [5, 5.41) is 3.32. The Morgan fingerprint density at radius 2 is 2.46 bits per heavy atom. The summed E-state index contributed by atoms with van der Waals surface area (Å²) >= 11 is 1.73. The normalized spacial score (nSPS) is 16.4. The zero-order chi connectivity index (χ0) is 9.10. The highest BCUT2D eigenvalue weighted by molar-refractivity contribution is 7.09. The second-order valence-electron chi connectivity index (χ2n) is 3.49. The van der Waals surface area contributed by atoms with E-state index in [0.717, 1.165) is 24.0 Å². The van der Waals surface area contributed by atoms with Crippen LogP contribution < -0.4 is 0 Å². The standard InChI is InChI=1S/C10H15NOS/c1-2-5-12-6-10-11-9(7-13-10)8-3-4-8/h7-8H,2-6H2,1H3. The highest BCUT2D eigenvalue weighted by atomic mass is 32.1. The minimum atomic E-state index is 0.700. The number of rotatable bonds is 5. The molecule has 1 aromatic rings. The van der Waals surface area contributed by atoms with Gasteiger partial charge in [-0.3, -0.25) is 0 Å². The van der Waals surface area contributed by atoms with Gasteiger partial charge in [-0.05, 0) is 19.3 Å². The first-order valence-corrected chi connectivity index (χ1v) is 5.80. The van der Waals surface area contributed by atoms with E-state index in [4.69, 9.17) is 4.74 Å². The summed E-state index contributed by atoms with van der Waals surface area (Å²) < 4.78 is 5.43. The van der Waals surface area contributed by atoms with Gasteiger partial charge in [0.05, 0.1) is 12.3 Å². The second kappa shape index (κ2) is 4.20. The molecule has 1 aliphatic rings. The maximum Gasteiger partial charge on any atom is 0.119 e. The third-order valence-electron chi connectivity index (χ3n) is 2.14. The fourth-order valence-electron chi connectivity index (χ4n) is 1.26. The van der Waals surface area contributed by atoms with Gasteiger partial charge in [0.15, 0.2) is 0 Å². The van der Waals surface area contributed by atoms with Crippen LogP contribution in [0.5, 0.6) is 0 Å². The van der Waals surface area contributed by atoms with Crippen LogP contribution in [0, 0.1) is 0 Å². The molecule has 0 radical (unpaired) electrons. The molecular weight excluding hydrogens is 182 g/mol. The number of thiazole rings is 1. The Morgan fingerprint density at radius 3 is 3.15 bits per heavy atom. The van der Waals surface area contributed by atoms with E-state index in [2.05, 4.69) is 17.3 Å². The lowest BCUT2D eigenvalue weighted by Crippen LogP contribution is -1.93. The van der Waals surface area contributed by atoms with Crippen LogP contribution in [0.25, 0.3) is 0 Å². The lowest BCUT2D eigenvalue weighted by Gasteiger charge is -1.97. The second-order valence-corrected chi connectivity index (χ2v) is 4.44. The zero-order valence-corrected chi connectivity index (χ0v) is 8.77. The number of hydrogen-bond donors (Lipinski definition) is 0. The van der Waals surface area contributed by atoms with E-state index in [1.165, 1.54) is 18.5 Å². The van der Waals surface area contributed by atoms with Gasteiger partial charge in [0.2, 0.25) is 0 Å². The van der Waals surface area contributed by atoms with E-state index in [1.807, 2.05) is 0 Å². The Balaban J connectivity index is 1.82. The molecule has 13 heavy (non-hydrogen) atoms. The maximum atomic E-state index is 5.43. The van der Waals surface area contributed by atoms with Crippen LogP contribution in [0.1, 0.15) is 42.8 Å². The summed E-state index contributed by atoms with van der Waals surface area (Å²) in [7, 11) is 0. The van der Waals surface area contributed by atoms with Crippen LogP contribution in [-0.2, 0) is 11.3 Å². The molecule has 72 valence electrons. The number of nitrogens with zero attached hydrogens (tertiary/aromatic N) is 1. The van der Waals surface area contributed by atoms with Crippen LogP contribution in [0.3, 0.4) is 0 Å². The van der Waals surface area contributed by atoms with Gasteiger partial charge in [0.1, 0.15) is 5.01 Å². The first-order valence-electron chi connectivity index (χ1n) is 4.92. The summed E-state index contributed by atoms with van der Waals surface area (Å²) in [6, 6.07) is 0. The van der Waals surface area contributed by atoms with E-state index < -0.39 is 0 Å². The SMILES string of the molecule is CCCOCc1nc(C2CC2)cs1. The van der Waals surface area contributed by atoms with Gasteiger partial charge >= 0.3 is 0 Å². The fraction of sp³-hybridized carbons (Fsp3) is 0.700. The molecule has 1 heterocycles. The maximum absolute atomic E-state index is 5.43. The van der Waals surface area contributed by atoms with Gasteiger partial charge in [-0.25, -0.2) is 4.98 Å². The van der Waals surface area contributed by atoms with Crippen molar-refractivity contribution in [2.45, 2.75) is 38.7 Å². The molecule has 0 N–H and O–H groups in total. The molecule has 1 saturated carbocycles. The Bertz CT molecular complexity index is 268. The topological polar surface area (TPSA) is 22.1 Å². The first kappa shape index (κ1) is 9.16. The minimum absolute atomic E-state index is 0.700. The molecule has 0 spiro atoms. The Hall–Kier alpha value is -0.410. The molecule has 0 aliphatic heterocycles. The smallest absolute Gasteiger partial charge is 0.119 e. The van der Waals surface area contributed by atoms with Crippen LogP contribution >= 0.6 is 11.3 Å². The molecule has 1 aromatic heterocycles. The predicted molar refractivity (Wildman–Crippen MR) is 54.0 cm³/mol. The lowest BCUT2D eigenvalue weighted by atomic mass is 10.3. The highest BCUT2D eigenvalue weighted by Crippen LogP contribution is 2.40. The molecule has 0 aromatic carbocycles. The highest BCUT2D eigenvalue weighted by Gasteiger charge is 2.25. The van der Waals surface area contributed by atoms with Crippen molar-refractivity contribution in [3.05, 3.63) is 16.1 Å². The Kier molecular flexibility index (Phi) is 2.96. The van der Waals surface area contributed by atoms with Gasteiger partial charge < -0.3 is 4.74 Å². The van der Waals surface area contributed by atoms with E-state index in [9.17, 15) is 0 Å². The van der Waals surface area contributed by atoms with Crippen LogP contribution in [0.4, 0.5) is 0 Å². The van der Waals surface area contributed by atoms with Gasteiger partial charge in [-0.1, -0.05) is 6.92 Å². The average Bonchev–Trinajstić information content (AvgIpc) is 2.88. The van der Waals surface area contributed by atoms with Gasteiger partial charge in [-0.2, -0.15) is 0 Å². The summed E-state index contributed by atoms with van der Waals surface area (Å²) in [5.74, 6) is 0.774. The van der Waals surface area contributed by atoms with Crippen molar-refractivity contribution in [3.63, 3.8) is 0 Å². The monoisotopic (exact) mass is 197 g/mol. The van der Waals surface area contributed by atoms with E-state index in [0.29, 0.717) is 6.61 Å².